The minimum Gasteiger partial charge on any atom is -0.325 e. The van der Waals surface area contributed by atoms with E-state index < -0.39 is 0 Å². The highest BCUT2D eigenvalue weighted by Gasteiger charge is 2.02. The van der Waals surface area contributed by atoms with Gasteiger partial charge in [0.05, 0.1) is 6.54 Å². The van der Waals surface area contributed by atoms with Crippen LogP contribution in [0.15, 0.2) is 58.3 Å². The summed E-state index contributed by atoms with van der Waals surface area (Å²) in [7, 11) is 0. The van der Waals surface area contributed by atoms with Gasteiger partial charge in [-0.2, -0.15) is 0 Å². The number of benzene rings is 2. The molecule has 98 valence electrons. The van der Waals surface area contributed by atoms with Crippen molar-refractivity contribution in [2.45, 2.75) is 16.7 Å². The van der Waals surface area contributed by atoms with Crippen LogP contribution in [0.3, 0.4) is 0 Å². The van der Waals surface area contributed by atoms with Crippen LogP contribution in [0.2, 0.25) is 0 Å². The molecule has 0 spiro atoms. The van der Waals surface area contributed by atoms with E-state index in [4.69, 9.17) is 5.73 Å². The zero-order chi connectivity index (χ0) is 13.7. The third kappa shape index (κ3) is 3.84. The normalized spacial score (nSPS) is 10.2. The molecule has 4 heteroatoms. The molecule has 1 amide bonds. The van der Waals surface area contributed by atoms with Gasteiger partial charge in [-0.3, -0.25) is 4.79 Å². The summed E-state index contributed by atoms with van der Waals surface area (Å²) in [4.78, 5) is 13.5. The van der Waals surface area contributed by atoms with Gasteiger partial charge in [0.15, 0.2) is 0 Å². The molecule has 0 saturated heterocycles. The van der Waals surface area contributed by atoms with E-state index in [1.807, 2.05) is 36.4 Å². The maximum absolute atomic E-state index is 11.2. The molecule has 0 aliphatic rings. The van der Waals surface area contributed by atoms with Gasteiger partial charge in [0.2, 0.25) is 5.91 Å². The second kappa shape index (κ2) is 6.41. The fourth-order valence-corrected chi connectivity index (χ4v) is 2.52. The molecule has 0 aliphatic carbocycles. The van der Waals surface area contributed by atoms with E-state index in [0.717, 1.165) is 10.6 Å². The van der Waals surface area contributed by atoms with Crippen LogP contribution in [-0.4, -0.2) is 12.5 Å². The lowest BCUT2D eigenvalue weighted by Gasteiger charge is -2.07. The van der Waals surface area contributed by atoms with Crippen LogP contribution in [0, 0.1) is 6.92 Å². The number of amides is 1. The molecule has 0 bridgehead atoms. The van der Waals surface area contributed by atoms with Crippen LogP contribution in [0.25, 0.3) is 0 Å². The minimum atomic E-state index is -0.181. The maximum atomic E-state index is 11.2. The first-order chi connectivity index (χ1) is 9.19. The number of aryl methyl sites for hydroxylation is 1. The summed E-state index contributed by atoms with van der Waals surface area (Å²) in [5, 5.41) is 2.72. The molecule has 0 unspecified atom stereocenters. The Hall–Kier alpha value is -1.78. The summed E-state index contributed by atoms with van der Waals surface area (Å²) >= 11 is 1.71. The van der Waals surface area contributed by atoms with Crippen LogP contribution in [-0.2, 0) is 4.79 Å². The topological polar surface area (TPSA) is 55.1 Å². The monoisotopic (exact) mass is 272 g/mol. The summed E-state index contributed by atoms with van der Waals surface area (Å²) < 4.78 is 0. The van der Waals surface area contributed by atoms with Gasteiger partial charge in [0, 0.05) is 15.5 Å². The first-order valence-electron chi connectivity index (χ1n) is 6.02. The first-order valence-corrected chi connectivity index (χ1v) is 6.84. The van der Waals surface area contributed by atoms with Crippen molar-refractivity contribution in [3.63, 3.8) is 0 Å². The van der Waals surface area contributed by atoms with E-state index >= 15 is 0 Å². The van der Waals surface area contributed by atoms with E-state index in [0.29, 0.717) is 0 Å². The summed E-state index contributed by atoms with van der Waals surface area (Å²) in [6.45, 7) is 2.10. The Bertz CT molecular complexity index is 567. The Morgan fingerprint density at radius 2 is 1.84 bits per heavy atom. The molecule has 0 aliphatic heterocycles. The van der Waals surface area contributed by atoms with Crippen molar-refractivity contribution in [2.24, 2.45) is 5.73 Å². The lowest BCUT2D eigenvalue weighted by atomic mass is 10.2. The average Bonchev–Trinajstić information content (AvgIpc) is 2.43. The highest BCUT2D eigenvalue weighted by atomic mass is 32.2. The molecule has 2 aromatic rings. The molecule has 2 rings (SSSR count). The summed E-state index contributed by atoms with van der Waals surface area (Å²) in [5.41, 5.74) is 7.28. The molecule has 19 heavy (non-hydrogen) atoms. The quantitative estimate of drug-likeness (QED) is 0.899. The van der Waals surface area contributed by atoms with Crippen LogP contribution in [0.5, 0.6) is 0 Å². The number of hydrogen-bond acceptors (Lipinski definition) is 3. The van der Waals surface area contributed by atoms with Crippen molar-refractivity contribution in [1.29, 1.82) is 0 Å². The minimum absolute atomic E-state index is 0.000286. The maximum Gasteiger partial charge on any atom is 0.238 e. The second-order valence-electron chi connectivity index (χ2n) is 4.14. The highest BCUT2D eigenvalue weighted by molar-refractivity contribution is 7.99. The summed E-state index contributed by atoms with van der Waals surface area (Å²) in [5.74, 6) is -0.181. The van der Waals surface area contributed by atoms with Crippen LogP contribution >= 0.6 is 11.8 Å². The Kier molecular flexibility index (Phi) is 4.60. The van der Waals surface area contributed by atoms with Gasteiger partial charge in [-0.15, -0.1) is 0 Å². The Morgan fingerprint density at radius 1 is 1.16 bits per heavy atom. The molecule has 2 aromatic carbocycles. The number of carbonyl (C=O) groups excluding carboxylic acids is 1. The molecule has 0 saturated carbocycles. The van der Waals surface area contributed by atoms with Crippen LogP contribution in [0.4, 0.5) is 5.69 Å². The fraction of sp³-hybridized carbons (Fsp3) is 0.133. The van der Waals surface area contributed by atoms with Gasteiger partial charge in [0.25, 0.3) is 0 Å². The number of anilines is 1. The first kappa shape index (κ1) is 13.6. The van der Waals surface area contributed by atoms with E-state index in [9.17, 15) is 4.79 Å². The summed E-state index contributed by atoms with van der Waals surface area (Å²) in [6, 6.07) is 16.0. The van der Waals surface area contributed by atoms with Crippen molar-refractivity contribution >= 4 is 23.4 Å². The predicted octanol–water partition coefficient (Wildman–Crippen LogP) is 3.04. The molecule has 0 aromatic heterocycles. The van der Waals surface area contributed by atoms with Gasteiger partial charge in [-0.05, 0) is 42.8 Å². The van der Waals surface area contributed by atoms with Gasteiger partial charge < -0.3 is 11.1 Å². The van der Waals surface area contributed by atoms with Crippen LogP contribution in [0.1, 0.15) is 5.56 Å². The second-order valence-corrected chi connectivity index (χ2v) is 5.26. The predicted molar refractivity (Wildman–Crippen MR) is 79.4 cm³/mol. The van der Waals surface area contributed by atoms with Gasteiger partial charge in [-0.25, -0.2) is 0 Å². The molecule has 0 heterocycles. The Labute approximate surface area is 117 Å². The Morgan fingerprint density at radius 3 is 2.47 bits per heavy atom. The molecule has 3 nitrogen and oxygen atoms in total. The number of hydrogen-bond donors (Lipinski definition) is 2. The number of nitrogens with one attached hydrogen (secondary N) is 1. The van der Waals surface area contributed by atoms with Crippen molar-refractivity contribution in [3.8, 4) is 0 Å². The zero-order valence-corrected chi connectivity index (χ0v) is 11.5. The molecule has 0 fully saturated rings. The zero-order valence-electron chi connectivity index (χ0n) is 10.7. The molecule has 0 atom stereocenters. The third-order valence-corrected chi connectivity index (χ3v) is 3.83. The van der Waals surface area contributed by atoms with Gasteiger partial charge in [-0.1, -0.05) is 30.0 Å². The average molecular weight is 272 g/mol. The molecular formula is C15H16N2OS. The lowest BCUT2D eigenvalue weighted by Crippen LogP contribution is -2.21. The van der Waals surface area contributed by atoms with Gasteiger partial charge in [0.1, 0.15) is 0 Å². The van der Waals surface area contributed by atoms with Gasteiger partial charge >= 0.3 is 0 Å². The third-order valence-electron chi connectivity index (χ3n) is 2.64. The van der Waals surface area contributed by atoms with E-state index in [-0.39, 0.29) is 12.5 Å². The number of rotatable bonds is 4. The molecule has 0 radical (unpaired) electrons. The van der Waals surface area contributed by atoms with Crippen molar-refractivity contribution in [3.05, 3.63) is 54.1 Å². The van der Waals surface area contributed by atoms with E-state index in [2.05, 4.69) is 24.4 Å². The molecular weight excluding hydrogens is 256 g/mol. The van der Waals surface area contributed by atoms with Crippen molar-refractivity contribution < 1.29 is 4.79 Å². The summed E-state index contributed by atoms with van der Waals surface area (Å²) in [6.07, 6.45) is 0. The highest BCUT2D eigenvalue weighted by Crippen LogP contribution is 2.30. The number of carbonyl (C=O) groups is 1. The fourth-order valence-electron chi connectivity index (χ4n) is 1.62. The Balaban J connectivity index is 2.07. The molecule has 3 N–H and O–H groups in total. The van der Waals surface area contributed by atoms with Crippen molar-refractivity contribution in [1.82, 2.24) is 0 Å². The SMILES string of the molecule is Cc1ccccc1Sc1ccc(NC(=O)CN)cc1. The lowest BCUT2D eigenvalue weighted by molar-refractivity contribution is -0.114. The van der Waals surface area contributed by atoms with Crippen molar-refractivity contribution in [2.75, 3.05) is 11.9 Å². The van der Waals surface area contributed by atoms with E-state index in [1.54, 1.807) is 11.8 Å². The van der Waals surface area contributed by atoms with Crippen LogP contribution < -0.4 is 11.1 Å². The number of nitrogens with two attached hydrogens (primary N) is 1. The van der Waals surface area contributed by atoms with E-state index in [1.165, 1.54) is 10.5 Å². The standard InChI is InChI=1S/C15H16N2OS/c1-11-4-2-3-5-14(11)19-13-8-6-12(7-9-13)17-15(18)10-16/h2-9H,10,16H2,1H3,(H,17,18). The largest absolute Gasteiger partial charge is 0.325 e. The smallest absolute Gasteiger partial charge is 0.238 e.